The van der Waals surface area contributed by atoms with Crippen LogP contribution < -0.4 is 5.43 Å². The molecule has 0 saturated carbocycles. The lowest BCUT2D eigenvalue weighted by Crippen LogP contribution is -2.56. The molecule has 90 valence electrons. The van der Waals surface area contributed by atoms with Gasteiger partial charge in [-0.25, -0.2) is 5.01 Å². The van der Waals surface area contributed by atoms with Crippen LogP contribution >= 0.6 is 0 Å². The number of hydrogen-bond donors (Lipinski definition) is 1. The Morgan fingerprint density at radius 1 is 1.20 bits per heavy atom. The predicted molar refractivity (Wildman–Crippen MR) is 66.7 cm³/mol. The SMILES string of the molecule is CCC(C)C(C)NN1C(C)CCCC1C. The van der Waals surface area contributed by atoms with Crippen LogP contribution in [0.4, 0.5) is 0 Å². The maximum absolute atomic E-state index is 3.70. The lowest BCUT2D eigenvalue weighted by molar-refractivity contribution is 0.0231. The summed E-state index contributed by atoms with van der Waals surface area (Å²) in [6.45, 7) is 11.6. The fraction of sp³-hybridized carbons (Fsp3) is 1.00. The van der Waals surface area contributed by atoms with Crippen molar-refractivity contribution >= 4 is 0 Å². The van der Waals surface area contributed by atoms with E-state index in [0.717, 1.165) is 5.92 Å². The van der Waals surface area contributed by atoms with Gasteiger partial charge in [-0.3, -0.25) is 5.43 Å². The summed E-state index contributed by atoms with van der Waals surface area (Å²) in [4.78, 5) is 0. The van der Waals surface area contributed by atoms with Crippen LogP contribution in [-0.2, 0) is 0 Å². The molecule has 0 amide bonds. The Balaban J connectivity index is 2.47. The highest BCUT2D eigenvalue weighted by Gasteiger charge is 2.26. The van der Waals surface area contributed by atoms with Crippen LogP contribution in [0.1, 0.15) is 60.3 Å². The zero-order valence-corrected chi connectivity index (χ0v) is 11.1. The van der Waals surface area contributed by atoms with Crippen molar-refractivity contribution in [3.63, 3.8) is 0 Å². The normalized spacial score (nSPS) is 32.6. The molecule has 0 radical (unpaired) electrons. The summed E-state index contributed by atoms with van der Waals surface area (Å²) in [5.41, 5.74) is 3.70. The van der Waals surface area contributed by atoms with Crippen LogP contribution in [-0.4, -0.2) is 23.1 Å². The van der Waals surface area contributed by atoms with Crippen LogP contribution in [0.5, 0.6) is 0 Å². The zero-order valence-electron chi connectivity index (χ0n) is 11.1. The van der Waals surface area contributed by atoms with Crippen molar-refractivity contribution in [3.05, 3.63) is 0 Å². The first kappa shape index (κ1) is 13.0. The molecule has 1 aliphatic heterocycles. The van der Waals surface area contributed by atoms with Crippen LogP contribution in [0.25, 0.3) is 0 Å². The van der Waals surface area contributed by atoms with E-state index < -0.39 is 0 Å². The largest absolute Gasteiger partial charge is 0.252 e. The molecule has 0 aromatic heterocycles. The molecule has 0 aromatic carbocycles. The fourth-order valence-electron chi connectivity index (χ4n) is 2.39. The van der Waals surface area contributed by atoms with Crippen molar-refractivity contribution in [2.75, 3.05) is 0 Å². The third kappa shape index (κ3) is 3.46. The second-order valence-electron chi connectivity index (χ2n) is 5.34. The molecule has 0 aliphatic carbocycles. The molecule has 1 N–H and O–H groups in total. The van der Waals surface area contributed by atoms with E-state index >= 15 is 0 Å². The Bertz CT molecular complexity index is 171. The highest BCUT2D eigenvalue weighted by atomic mass is 15.5. The third-order valence-corrected chi connectivity index (χ3v) is 4.04. The van der Waals surface area contributed by atoms with Crippen molar-refractivity contribution in [2.24, 2.45) is 5.92 Å². The lowest BCUT2D eigenvalue weighted by atomic mass is 9.98. The van der Waals surface area contributed by atoms with Crippen molar-refractivity contribution in [2.45, 2.75) is 78.4 Å². The fourth-order valence-corrected chi connectivity index (χ4v) is 2.39. The van der Waals surface area contributed by atoms with Gasteiger partial charge in [0.25, 0.3) is 0 Å². The van der Waals surface area contributed by atoms with Crippen LogP contribution in [0.3, 0.4) is 0 Å². The Morgan fingerprint density at radius 3 is 2.20 bits per heavy atom. The quantitative estimate of drug-likeness (QED) is 0.770. The highest BCUT2D eigenvalue weighted by molar-refractivity contribution is 4.79. The first-order chi connectivity index (χ1) is 7.06. The van der Waals surface area contributed by atoms with Crippen molar-refractivity contribution in [1.82, 2.24) is 10.4 Å². The molecule has 1 heterocycles. The summed E-state index contributed by atoms with van der Waals surface area (Å²) in [6, 6.07) is 1.98. The number of rotatable bonds is 4. The molecule has 0 spiro atoms. The van der Waals surface area contributed by atoms with E-state index in [-0.39, 0.29) is 0 Å². The molecule has 2 nitrogen and oxygen atoms in total. The van der Waals surface area contributed by atoms with Gasteiger partial charge in [0.1, 0.15) is 0 Å². The van der Waals surface area contributed by atoms with Gasteiger partial charge in [0, 0.05) is 18.1 Å². The molecule has 4 atom stereocenters. The Kier molecular flexibility index (Phi) is 5.07. The molecule has 15 heavy (non-hydrogen) atoms. The number of piperidine rings is 1. The summed E-state index contributed by atoms with van der Waals surface area (Å²) in [7, 11) is 0. The van der Waals surface area contributed by atoms with Gasteiger partial charge < -0.3 is 0 Å². The maximum Gasteiger partial charge on any atom is 0.0218 e. The molecule has 1 aliphatic rings. The monoisotopic (exact) mass is 212 g/mol. The summed E-state index contributed by atoms with van der Waals surface area (Å²) in [6.07, 6.45) is 5.32. The molecule has 1 saturated heterocycles. The summed E-state index contributed by atoms with van der Waals surface area (Å²) < 4.78 is 0. The standard InChI is InChI=1S/C13H28N2/c1-6-10(2)13(5)14-15-11(3)8-7-9-12(15)4/h10-14H,6-9H2,1-5H3. The van der Waals surface area contributed by atoms with Gasteiger partial charge in [-0.15, -0.1) is 0 Å². The van der Waals surface area contributed by atoms with Crippen LogP contribution in [0.15, 0.2) is 0 Å². The molecule has 1 rings (SSSR count). The topological polar surface area (TPSA) is 15.3 Å². The van der Waals surface area contributed by atoms with Crippen molar-refractivity contribution in [1.29, 1.82) is 0 Å². The summed E-state index contributed by atoms with van der Waals surface area (Å²) >= 11 is 0. The smallest absolute Gasteiger partial charge is 0.0218 e. The number of hydrazine groups is 1. The van der Waals surface area contributed by atoms with E-state index in [0.29, 0.717) is 18.1 Å². The van der Waals surface area contributed by atoms with E-state index in [1.807, 2.05) is 0 Å². The van der Waals surface area contributed by atoms with Gasteiger partial charge in [0.15, 0.2) is 0 Å². The van der Waals surface area contributed by atoms with Gasteiger partial charge in [0.2, 0.25) is 0 Å². The average molecular weight is 212 g/mol. The third-order valence-electron chi connectivity index (χ3n) is 4.04. The first-order valence-corrected chi connectivity index (χ1v) is 6.60. The Morgan fingerprint density at radius 2 is 1.73 bits per heavy atom. The molecule has 0 aromatic rings. The molecular weight excluding hydrogens is 184 g/mol. The molecule has 4 unspecified atom stereocenters. The van der Waals surface area contributed by atoms with E-state index in [4.69, 9.17) is 0 Å². The van der Waals surface area contributed by atoms with E-state index in [9.17, 15) is 0 Å². The van der Waals surface area contributed by atoms with Crippen molar-refractivity contribution < 1.29 is 0 Å². The minimum Gasteiger partial charge on any atom is -0.252 e. The van der Waals surface area contributed by atoms with Crippen LogP contribution in [0, 0.1) is 5.92 Å². The van der Waals surface area contributed by atoms with Gasteiger partial charge in [0.05, 0.1) is 0 Å². The number of nitrogens with zero attached hydrogens (tertiary/aromatic N) is 1. The van der Waals surface area contributed by atoms with Crippen LogP contribution in [0.2, 0.25) is 0 Å². The number of nitrogens with one attached hydrogen (secondary N) is 1. The highest BCUT2D eigenvalue weighted by Crippen LogP contribution is 2.21. The summed E-state index contributed by atoms with van der Waals surface area (Å²) in [5, 5.41) is 2.49. The maximum atomic E-state index is 3.70. The first-order valence-electron chi connectivity index (χ1n) is 6.60. The number of hydrogen-bond acceptors (Lipinski definition) is 2. The molecular formula is C13H28N2. The van der Waals surface area contributed by atoms with E-state index in [2.05, 4.69) is 45.1 Å². The second-order valence-corrected chi connectivity index (χ2v) is 5.34. The summed E-state index contributed by atoms with van der Waals surface area (Å²) in [5.74, 6) is 0.756. The molecule has 2 heteroatoms. The van der Waals surface area contributed by atoms with E-state index in [1.165, 1.54) is 25.7 Å². The molecule has 0 bridgehead atoms. The molecule has 1 fully saturated rings. The van der Waals surface area contributed by atoms with Gasteiger partial charge >= 0.3 is 0 Å². The Labute approximate surface area is 95.4 Å². The zero-order chi connectivity index (χ0) is 11.4. The lowest BCUT2D eigenvalue weighted by Gasteiger charge is -2.41. The second kappa shape index (κ2) is 5.86. The van der Waals surface area contributed by atoms with E-state index in [1.54, 1.807) is 0 Å². The average Bonchev–Trinajstić information content (AvgIpc) is 2.22. The van der Waals surface area contributed by atoms with Crippen molar-refractivity contribution in [3.8, 4) is 0 Å². The van der Waals surface area contributed by atoms with Gasteiger partial charge in [-0.05, 0) is 39.5 Å². The van der Waals surface area contributed by atoms with Gasteiger partial charge in [-0.1, -0.05) is 26.7 Å². The Hall–Kier alpha value is -0.0800. The minimum absolute atomic E-state index is 0.595. The van der Waals surface area contributed by atoms with Gasteiger partial charge in [-0.2, -0.15) is 0 Å². The predicted octanol–water partition coefficient (Wildman–Crippen LogP) is 3.19. The minimum atomic E-state index is 0.595.